The predicted octanol–water partition coefficient (Wildman–Crippen LogP) is -0.363. The standard InChI is InChI=1S/C8H13N3O2/c1-5-6(4-12)9-8(11(2)3)10-7(5)13/h12H,4H2,1-3H3,(H,9,10,13). The third-order valence-corrected chi connectivity index (χ3v) is 1.81. The van der Waals surface area contributed by atoms with E-state index in [2.05, 4.69) is 9.97 Å². The van der Waals surface area contributed by atoms with E-state index in [0.29, 0.717) is 17.2 Å². The highest BCUT2D eigenvalue weighted by Crippen LogP contribution is 2.04. The van der Waals surface area contributed by atoms with Gasteiger partial charge in [-0.15, -0.1) is 0 Å². The van der Waals surface area contributed by atoms with Crippen molar-refractivity contribution in [1.29, 1.82) is 0 Å². The molecule has 0 radical (unpaired) electrons. The maximum atomic E-state index is 11.3. The molecule has 13 heavy (non-hydrogen) atoms. The fourth-order valence-corrected chi connectivity index (χ4v) is 0.932. The van der Waals surface area contributed by atoms with Gasteiger partial charge in [0.25, 0.3) is 5.56 Å². The van der Waals surface area contributed by atoms with Crippen LogP contribution >= 0.6 is 0 Å². The summed E-state index contributed by atoms with van der Waals surface area (Å²) in [7, 11) is 3.55. The number of anilines is 1. The molecule has 5 heteroatoms. The van der Waals surface area contributed by atoms with E-state index >= 15 is 0 Å². The second-order valence-corrected chi connectivity index (χ2v) is 3.01. The van der Waals surface area contributed by atoms with Gasteiger partial charge in [-0.1, -0.05) is 0 Å². The highest BCUT2D eigenvalue weighted by Gasteiger charge is 2.06. The molecule has 0 bridgehead atoms. The van der Waals surface area contributed by atoms with Crippen LogP contribution in [0.2, 0.25) is 0 Å². The summed E-state index contributed by atoms with van der Waals surface area (Å²) < 4.78 is 0. The van der Waals surface area contributed by atoms with E-state index in [1.54, 1.807) is 25.9 Å². The van der Waals surface area contributed by atoms with Gasteiger partial charge in [-0.25, -0.2) is 4.98 Å². The van der Waals surface area contributed by atoms with Gasteiger partial charge in [0.1, 0.15) is 0 Å². The normalized spacial score (nSPS) is 10.2. The summed E-state index contributed by atoms with van der Waals surface area (Å²) in [6, 6.07) is 0. The number of aromatic amines is 1. The summed E-state index contributed by atoms with van der Waals surface area (Å²) in [5.74, 6) is 0.458. The van der Waals surface area contributed by atoms with Gasteiger partial charge in [0, 0.05) is 19.7 Å². The Bertz CT molecular complexity index is 357. The van der Waals surface area contributed by atoms with Crippen LogP contribution in [-0.2, 0) is 6.61 Å². The summed E-state index contributed by atoms with van der Waals surface area (Å²) >= 11 is 0. The molecule has 1 heterocycles. The van der Waals surface area contributed by atoms with Gasteiger partial charge in [-0.3, -0.25) is 9.78 Å². The molecule has 2 N–H and O–H groups in total. The van der Waals surface area contributed by atoms with Crippen molar-refractivity contribution in [2.75, 3.05) is 19.0 Å². The first-order valence-electron chi connectivity index (χ1n) is 3.94. The Morgan fingerprint density at radius 3 is 2.62 bits per heavy atom. The van der Waals surface area contributed by atoms with E-state index < -0.39 is 0 Å². The number of hydrogen-bond acceptors (Lipinski definition) is 4. The molecule has 0 saturated carbocycles. The first kappa shape index (κ1) is 9.73. The zero-order valence-electron chi connectivity index (χ0n) is 7.96. The Morgan fingerprint density at radius 1 is 1.54 bits per heavy atom. The Kier molecular flexibility index (Phi) is 2.67. The molecule has 5 nitrogen and oxygen atoms in total. The number of hydrogen-bond donors (Lipinski definition) is 2. The number of nitrogens with one attached hydrogen (secondary N) is 1. The zero-order valence-corrected chi connectivity index (χ0v) is 7.96. The van der Waals surface area contributed by atoms with Gasteiger partial charge in [0.2, 0.25) is 5.95 Å². The van der Waals surface area contributed by atoms with Crippen LogP contribution in [0.25, 0.3) is 0 Å². The second kappa shape index (κ2) is 3.57. The second-order valence-electron chi connectivity index (χ2n) is 3.01. The SMILES string of the molecule is Cc1c(CO)nc(N(C)C)[nH]c1=O. The molecule has 0 saturated heterocycles. The van der Waals surface area contributed by atoms with Crippen molar-refractivity contribution in [2.45, 2.75) is 13.5 Å². The van der Waals surface area contributed by atoms with Crippen LogP contribution < -0.4 is 10.5 Å². The Labute approximate surface area is 76.0 Å². The molecule has 0 spiro atoms. The molecule has 1 aromatic rings. The lowest BCUT2D eigenvalue weighted by atomic mass is 10.2. The quantitative estimate of drug-likeness (QED) is 0.656. The molecule has 72 valence electrons. The zero-order chi connectivity index (χ0) is 10.0. The smallest absolute Gasteiger partial charge is 0.255 e. The number of aliphatic hydroxyl groups is 1. The lowest BCUT2D eigenvalue weighted by Gasteiger charge is -2.12. The van der Waals surface area contributed by atoms with Crippen LogP contribution in [0.5, 0.6) is 0 Å². The maximum Gasteiger partial charge on any atom is 0.255 e. The number of aromatic nitrogens is 2. The molecular weight excluding hydrogens is 170 g/mol. The number of H-pyrrole nitrogens is 1. The van der Waals surface area contributed by atoms with Crippen molar-refractivity contribution in [2.24, 2.45) is 0 Å². The minimum Gasteiger partial charge on any atom is -0.390 e. The van der Waals surface area contributed by atoms with Crippen molar-refractivity contribution < 1.29 is 5.11 Å². The molecule has 0 atom stereocenters. The van der Waals surface area contributed by atoms with Gasteiger partial charge in [-0.2, -0.15) is 0 Å². The maximum absolute atomic E-state index is 11.3. The van der Waals surface area contributed by atoms with E-state index in [0.717, 1.165) is 0 Å². The summed E-state index contributed by atoms with van der Waals surface area (Å²) in [5.41, 5.74) is 0.684. The van der Waals surface area contributed by atoms with Crippen molar-refractivity contribution in [3.8, 4) is 0 Å². The molecular formula is C8H13N3O2. The van der Waals surface area contributed by atoms with Crippen LogP contribution in [0.3, 0.4) is 0 Å². The third-order valence-electron chi connectivity index (χ3n) is 1.81. The first-order valence-corrected chi connectivity index (χ1v) is 3.94. The molecule has 0 unspecified atom stereocenters. The van der Waals surface area contributed by atoms with Gasteiger partial charge < -0.3 is 10.0 Å². The summed E-state index contributed by atoms with van der Waals surface area (Å²) in [6.07, 6.45) is 0. The topological polar surface area (TPSA) is 69.2 Å². The molecule has 0 amide bonds. The number of nitrogens with zero attached hydrogens (tertiary/aromatic N) is 2. The average molecular weight is 183 g/mol. The van der Waals surface area contributed by atoms with Crippen LogP contribution in [0.4, 0.5) is 5.95 Å². The number of rotatable bonds is 2. The van der Waals surface area contributed by atoms with Crippen molar-refractivity contribution in [1.82, 2.24) is 9.97 Å². The molecule has 0 aromatic carbocycles. The Hall–Kier alpha value is -1.36. The Balaban J connectivity index is 3.31. The molecule has 0 aliphatic rings. The van der Waals surface area contributed by atoms with Crippen LogP contribution in [-0.4, -0.2) is 29.2 Å². The highest BCUT2D eigenvalue weighted by atomic mass is 16.3. The highest BCUT2D eigenvalue weighted by molar-refractivity contribution is 5.30. The Morgan fingerprint density at radius 2 is 2.15 bits per heavy atom. The van der Waals surface area contributed by atoms with Crippen LogP contribution in [0, 0.1) is 6.92 Å². The molecule has 1 rings (SSSR count). The van der Waals surface area contributed by atoms with Gasteiger partial charge in [0.15, 0.2) is 0 Å². The predicted molar refractivity (Wildman–Crippen MR) is 49.8 cm³/mol. The van der Waals surface area contributed by atoms with Crippen molar-refractivity contribution in [3.63, 3.8) is 0 Å². The van der Waals surface area contributed by atoms with E-state index in [1.165, 1.54) is 0 Å². The fraction of sp³-hybridized carbons (Fsp3) is 0.500. The van der Waals surface area contributed by atoms with Crippen LogP contribution in [0.1, 0.15) is 11.3 Å². The van der Waals surface area contributed by atoms with E-state index in [1.807, 2.05) is 0 Å². The monoisotopic (exact) mass is 183 g/mol. The van der Waals surface area contributed by atoms with E-state index in [-0.39, 0.29) is 12.2 Å². The number of aliphatic hydroxyl groups excluding tert-OH is 1. The van der Waals surface area contributed by atoms with Crippen molar-refractivity contribution in [3.05, 3.63) is 21.6 Å². The molecule has 0 aliphatic carbocycles. The lowest BCUT2D eigenvalue weighted by Crippen LogP contribution is -2.22. The first-order chi connectivity index (χ1) is 6.06. The van der Waals surface area contributed by atoms with Gasteiger partial charge >= 0.3 is 0 Å². The van der Waals surface area contributed by atoms with Gasteiger partial charge in [0.05, 0.1) is 12.3 Å². The molecule has 0 fully saturated rings. The molecule has 1 aromatic heterocycles. The van der Waals surface area contributed by atoms with Crippen molar-refractivity contribution >= 4 is 5.95 Å². The fourth-order valence-electron chi connectivity index (χ4n) is 0.932. The summed E-state index contributed by atoms with van der Waals surface area (Å²) in [4.78, 5) is 19.6. The van der Waals surface area contributed by atoms with E-state index in [9.17, 15) is 4.79 Å². The van der Waals surface area contributed by atoms with Crippen LogP contribution in [0.15, 0.2) is 4.79 Å². The summed E-state index contributed by atoms with van der Waals surface area (Å²) in [6.45, 7) is 1.42. The molecule has 0 aliphatic heterocycles. The van der Waals surface area contributed by atoms with E-state index in [4.69, 9.17) is 5.11 Å². The lowest BCUT2D eigenvalue weighted by molar-refractivity contribution is 0.275. The summed E-state index contributed by atoms with van der Waals surface area (Å²) in [5, 5.41) is 8.92. The minimum absolute atomic E-state index is 0.206. The third kappa shape index (κ3) is 1.86. The largest absolute Gasteiger partial charge is 0.390 e. The van der Waals surface area contributed by atoms with Gasteiger partial charge in [-0.05, 0) is 6.92 Å². The minimum atomic E-state index is -0.212. The average Bonchev–Trinajstić information content (AvgIpc) is 2.09.